The van der Waals surface area contributed by atoms with E-state index in [0.717, 1.165) is 48.6 Å². The molecule has 2 heterocycles. The molecule has 7 nitrogen and oxygen atoms in total. The summed E-state index contributed by atoms with van der Waals surface area (Å²) in [5.74, 6) is 1.03. The van der Waals surface area contributed by atoms with Gasteiger partial charge in [-0.25, -0.2) is 4.79 Å². The zero-order chi connectivity index (χ0) is 30.6. The molecular weight excluding hydrogens is 578 g/mol. The van der Waals surface area contributed by atoms with Gasteiger partial charge in [0.25, 0.3) is 0 Å². The second-order valence-electron chi connectivity index (χ2n) is 10.8. The molecule has 1 aromatic heterocycles. The van der Waals surface area contributed by atoms with Crippen LogP contribution >= 0.6 is 15.9 Å². The van der Waals surface area contributed by atoms with Crippen molar-refractivity contribution in [2.75, 3.05) is 46.3 Å². The number of pyridine rings is 1. The second-order valence-corrected chi connectivity index (χ2v) is 11.7. The molecule has 1 saturated heterocycles. The van der Waals surface area contributed by atoms with Crippen molar-refractivity contribution in [3.8, 4) is 0 Å². The molecule has 2 aromatic rings. The van der Waals surface area contributed by atoms with Crippen LogP contribution in [-0.4, -0.2) is 83.5 Å². The van der Waals surface area contributed by atoms with Gasteiger partial charge in [0.05, 0.1) is 17.6 Å². The highest BCUT2D eigenvalue weighted by Crippen LogP contribution is 2.34. The number of carbonyl (C=O) groups is 1. The molecule has 0 N–H and O–H groups in total. The molecule has 1 aromatic carbocycles. The van der Waals surface area contributed by atoms with Crippen LogP contribution in [0.5, 0.6) is 0 Å². The predicted octanol–water partition coefficient (Wildman–Crippen LogP) is 7.46. The molecule has 1 aliphatic rings. The first-order valence-electron chi connectivity index (χ1n) is 14.9. The van der Waals surface area contributed by atoms with Gasteiger partial charge in [0.15, 0.2) is 0 Å². The quantitative estimate of drug-likeness (QED) is 0.224. The van der Waals surface area contributed by atoms with Gasteiger partial charge in [-0.1, -0.05) is 57.2 Å². The van der Waals surface area contributed by atoms with E-state index in [-0.39, 0.29) is 12.1 Å². The number of benzene rings is 1. The number of halogens is 1. The lowest BCUT2D eigenvalue weighted by molar-refractivity contribution is 0.0117. The molecule has 0 spiro atoms. The van der Waals surface area contributed by atoms with Crippen LogP contribution in [0.3, 0.4) is 0 Å². The van der Waals surface area contributed by atoms with Crippen molar-refractivity contribution in [1.29, 1.82) is 0 Å². The van der Waals surface area contributed by atoms with Crippen LogP contribution in [-0.2, 0) is 11.2 Å². The fourth-order valence-corrected chi connectivity index (χ4v) is 5.26. The summed E-state index contributed by atoms with van der Waals surface area (Å²) in [6.07, 6.45) is 6.96. The lowest BCUT2D eigenvalue weighted by Gasteiger charge is -2.40. The highest BCUT2D eigenvalue weighted by atomic mass is 79.9. The van der Waals surface area contributed by atoms with Gasteiger partial charge in [-0.3, -0.25) is 14.9 Å². The number of rotatable bonds is 8. The van der Waals surface area contributed by atoms with E-state index in [2.05, 4.69) is 87.1 Å². The van der Waals surface area contributed by atoms with Gasteiger partial charge < -0.3 is 14.5 Å². The Hall–Kier alpha value is -2.71. The molecule has 0 radical (unpaired) electrons. The number of hydrogen-bond donors (Lipinski definition) is 0. The largest absolute Gasteiger partial charge is 0.444 e. The predicted molar refractivity (Wildman–Crippen MR) is 176 cm³/mol. The highest BCUT2D eigenvalue weighted by Gasteiger charge is 2.32. The Morgan fingerprint density at radius 1 is 1.17 bits per heavy atom. The van der Waals surface area contributed by atoms with Crippen LogP contribution in [0.15, 0.2) is 52.1 Å². The molecule has 3 rings (SSSR count). The van der Waals surface area contributed by atoms with Crippen molar-refractivity contribution >= 4 is 33.9 Å². The smallest absolute Gasteiger partial charge is 0.410 e. The van der Waals surface area contributed by atoms with Crippen molar-refractivity contribution in [1.82, 2.24) is 19.7 Å². The number of aromatic nitrogens is 1. The third-order valence-electron chi connectivity index (χ3n) is 7.02. The topological polar surface area (TPSA) is 61.3 Å². The van der Waals surface area contributed by atoms with E-state index in [4.69, 9.17) is 9.72 Å². The molecule has 1 amide bonds. The van der Waals surface area contributed by atoms with Gasteiger partial charge in [-0.15, -0.1) is 0 Å². The molecule has 8 heteroatoms. The fourth-order valence-electron chi connectivity index (χ4n) is 4.88. The van der Waals surface area contributed by atoms with Crippen molar-refractivity contribution in [3.05, 3.63) is 69.5 Å². The third kappa shape index (κ3) is 9.96. The Balaban J connectivity index is 0.00000287. The van der Waals surface area contributed by atoms with E-state index >= 15 is 0 Å². The molecular formula is C33H50BrN5O2. The number of amides is 1. The lowest BCUT2D eigenvalue weighted by Crippen LogP contribution is -2.51. The number of likely N-dealkylation sites (N-methyl/N-ethyl adjacent to an activating group) is 1. The molecule has 226 valence electrons. The first kappa shape index (κ1) is 34.5. The Bertz CT molecular complexity index is 1170. The van der Waals surface area contributed by atoms with Crippen LogP contribution in [0.1, 0.15) is 83.8 Å². The molecule has 1 atom stereocenters. The summed E-state index contributed by atoms with van der Waals surface area (Å²) in [6.45, 7) is 20.5. The first-order valence-corrected chi connectivity index (χ1v) is 15.7. The van der Waals surface area contributed by atoms with E-state index < -0.39 is 5.60 Å². The maximum Gasteiger partial charge on any atom is 0.410 e. The standard InChI is InChI=1S/C31H44BrN5O2.C2H6/c1-8-24-21-26(32)22-34-28(24)29(36-17-19-37(20-18-36)30(38)39-31(4,5)6)27-15-11-10-13-25(27)14-12-16-35(9-2)23(3)33-7;1-2/h10-15,21-22,29H,8-9,16-20H2,1-7H3;1-2H3/b14-12+,33-23?;. The minimum Gasteiger partial charge on any atom is -0.444 e. The van der Waals surface area contributed by atoms with Crippen molar-refractivity contribution in [2.45, 2.75) is 73.5 Å². The Labute approximate surface area is 256 Å². The van der Waals surface area contributed by atoms with Crippen LogP contribution in [0.25, 0.3) is 6.08 Å². The molecule has 1 fully saturated rings. The van der Waals surface area contributed by atoms with E-state index in [9.17, 15) is 4.79 Å². The molecule has 1 unspecified atom stereocenters. The molecule has 1 aliphatic heterocycles. The number of amidine groups is 1. The van der Waals surface area contributed by atoms with Crippen LogP contribution in [0.2, 0.25) is 0 Å². The van der Waals surface area contributed by atoms with Crippen molar-refractivity contribution < 1.29 is 9.53 Å². The summed E-state index contributed by atoms with van der Waals surface area (Å²) in [7, 11) is 1.83. The highest BCUT2D eigenvalue weighted by molar-refractivity contribution is 9.10. The van der Waals surface area contributed by atoms with Gasteiger partial charge in [0, 0.05) is 57.0 Å². The van der Waals surface area contributed by atoms with E-state index in [1.54, 1.807) is 0 Å². The number of carbonyl (C=O) groups excluding carboxylic acids is 1. The van der Waals surface area contributed by atoms with Gasteiger partial charge >= 0.3 is 6.09 Å². The SMILES string of the molecule is CC.CCc1cc(Br)cnc1C(c1ccccc1/C=C/CN(CC)C(C)=NC)N1CCN(C(=O)OC(C)(C)C)CC1. The summed E-state index contributed by atoms with van der Waals surface area (Å²) >= 11 is 3.61. The number of piperazine rings is 1. The monoisotopic (exact) mass is 627 g/mol. The third-order valence-corrected chi connectivity index (χ3v) is 7.45. The average Bonchev–Trinajstić information content (AvgIpc) is 2.97. The molecule has 0 saturated carbocycles. The van der Waals surface area contributed by atoms with E-state index in [0.29, 0.717) is 13.1 Å². The first-order chi connectivity index (χ1) is 19.6. The number of ether oxygens (including phenoxy) is 1. The minimum atomic E-state index is -0.506. The molecule has 0 bridgehead atoms. The Morgan fingerprint density at radius 2 is 1.83 bits per heavy atom. The molecule has 41 heavy (non-hydrogen) atoms. The number of nitrogens with zero attached hydrogens (tertiary/aromatic N) is 5. The van der Waals surface area contributed by atoms with Gasteiger partial charge in [0.1, 0.15) is 5.60 Å². The fraction of sp³-hybridized carbons (Fsp3) is 0.545. The normalized spacial score (nSPS) is 15.4. The summed E-state index contributed by atoms with van der Waals surface area (Å²) in [6, 6.07) is 10.7. The Kier molecular flexibility index (Phi) is 14.0. The van der Waals surface area contributed by atoms with Crippen LogP contribution < -0.4 is 0 Å². The van der Waals surface area contributed by atoms with Crippen LogP contribution in [0, 0.1) is 0 Å². The maximum absolute atomic E-state index is 12.7. The summed E-state index contributed by atoms with van der Waals surface area (Å²) in [5, 5.41) is 0. The Morgan fingerprint density at radius 3 is 2.41 bits per heavy atom. The van der Waals surface area contributed by atoms with E-state index in [1.165, 1.54) is 16.7 Å². The zero-order valence-corrected chi connectivity index (χ0v) is 28.2. The number of aliphatic imine (C=N–C) groups is 1. The van der Waals surface area contributed by atoms with E-state index in [1.807, 2.05) is 59.7 Å². The molecule has 0 aliphatic carbocycles. The maximum atomic E-state index is 12.7. The summed E-state index contributed by atoms with van der Waals surface area (Å²) in [4.78, 5) is 28.6. The lowest BCUT2D eigenvalue weighted by atomic mass is 9.92. The summed E-state index contributed by atoms with van der Waals surface area (Å²) in [5.41, 5.74) is 4.17. The second kappa shape index (κ2) is 16.7. The minimum absolute atomic E-state index is 0.0316. The van der Waals surface area contributed by atoms with Crippen molar-refractivity contribution in [3.63, 3.8) is 0 Å². The summed E-state index contributed by atoms with van der Waals surface area (Å²) < 4.78 is 6.62. The number of hydrogen-bond acceptors (Lipinski definition) is 5. The van der Waals surface area contributed by atoms with Gasteiger partial charge in [-0.05, 0) is 79.7 Å². The average molecular weight is 629 g/mol. The van der Waals surface area contributed by atoms with Gasteiger partial charge in [0.2, 0.25) is 0 Å². The van der Waals surface area contributed by atoms with Crippen LogP contribution in [0.4, 0.5) is 4.79 Å². The van der Waals surface area contributed by atoms with Crippen molar-refractivity contribution in [2.24, 2.45) is 4.99 Å². The van der Waals surface area contributed by atoms with Gasteiger partial charge in [-0.2, -0.15) is 0 Å². The number of aryl methyl sites for hydroxylation is 1. The zero-order valence-electron chi connectivity index (χ0n) is 26.6.